The van der Waals surface area contributed by atoms with E-state index in [-0.39, 0.29) is 16.4 Å². The Labute approximate surface area is 196 Å². The maximum atomic E-state index is 13.1. The predicted octanol–water partition coefficient (Wildman–Crippen LogP) is 4.84. The molecule has 3 aromatic carbocycles. The molecule has 33 heavy (non-hydrogen) atoms. The molecule has 0 saturated heterocycles. The van der Waals surface area contributed by atoms with Gasteiger partial charge in [-0.05, 0) is 86.7 Å². The Kier molecular flexibility index (Phi) is 7.43. The Morgan fingerprint density at radius 1 is 0.818 bits per heavy atom. The predicted molar refractivity (Wildman–Crippen MR) is 132 cm³/mol. The third-order valence-corrected chi connectivity index (χ3v) is 6.87. The fourth-order valence-corrected chi connectivity index (χ4v) is 4.76. The number of benzene rings is 3. The van der Waals surface area contributed by atoms with Gasteiger partial charge >= 0.3 is 0 Å². The molecule has 0 radical (unpaired) electrons. The lowest BCUT2D eigenvalue weighted by molar-refractivity contribution is 0.0946. The molecule has 0 atom stereocenters. The number of anilines is 1. The van der Waals surface area contributed by atoms with Crippen molar-refractivity contribution in [3.8, 4) is 5.75 Å². The lowest BCUT2D eigenvalue weighted by atomic mass is 10.1. The topological polar surface area (TPSA) is 84.5 Å². The van der Waals surface area contributed by atoms with Crippen molar-refractivity contribution >= 4 is 21.6 Å². The molecule has 0 bridgehead atoms. The van der Waals surface area contributed by atoms with Gasteiger partial charge < -0.3 is 10.1 Å². The highest BCUT2D eigenvalue weighted by atomic mass is 32.2. The zero-order chi connectivity index (χ0) is 24.2. The van der Waals surface area contributed by atoms with Gasteiger partial charge in [0.1, 0.15) is 12.4 Å². The van der Waals surface area contributed by atoms with Crippen LogP contribution in [-0.4, -0.2) is 27.5 Å². The molecule has 0 aliphatic carbocycles. The van der Waals surface area contributed by atoms with Crippen LogP contribution in [-0.2, 0) is 10.0 Å². The number of sulfonamides is 1. The summed E-state index contributed by atoms with van der Waals surface area (Å²) >= 11 is 0. The summed E-state index contributed by atoms with van der Waals surface area (Å²) < 4.78 is 34.6. The number of nitrogens with one attached hydrogen (secondary N) is 2. The average Bonchev–Trinajstić information content (AvgIpc) is 2.76. The van der Waals surface area contributed by atoms with Crippen molar-refractivity contribution in [1.29, 1.82) is 0 Å². The van der Waals surface area contributed by atoms with Gasteiger partial charge in [0.05, 0.1) is 17.1 Å². The van der Waals surface area contributed by atoms with Gasteiger partial charge in [-0.15, -0.1) is 0 Å². The number of aryl methyl sites for hydroxylation is 5. The number of hydrogen-bond donors (Lipinski definition) is 2. The molecule has 0 spiro atoms. The molecule has 0 aliphatic heterocycles. The van der Waals surface area contributed by atoms with Gasteiger partial charge in [-0.2, -0.15) is 0 Å². The molecule has 1 amide bonds. The summed E-state index contributed by atoms with van der Waals surface area (Å²) in [5, 5.41) is 2.79. The normalized spacial score (nSPS) is 11.2. The largest absolute Gasteiger partial charge is 0.491 e. The van der Waals surface area contributed by atoms with Crippen LogP contribution >= 0.6 is 0 Å². The Bertz CT molecular complexity index is 1280. The van der Waals surface area contributed by atoms with E-state index < -0.39 is 10.0 Å². The van der Waals surface area contributed by atoms with Crippen molar-refractivity contribution in [2.24, 2.45) is 0 Å². The van der Waals surface area contributed by atoms with Gasteiger partial charge in [0.15, 0.2) is 0 Å². The van der Waals surface area contributed by atoms with E-state index in [0.717, 1.165) is 28.0 Å². The molecule has 174 valence electrons. The fraction of sp³-hybridized carbons (Fsp3) is 0.269. The summed E-state index contributed by atoms with van der Waals surface area (Å²) in [6, 6.07) is 16.2. The maximum absolute atomic E-state index is 13.1. The first-order chi connectivity index (χ1) is 15.6. The Morgan fingerprint density at radius 3 is 2.18 bits per heavy atom. The summed E-state index contributed by atoms with van der Waals surface area (Å²) in [4.78, 5) is 12.7. The zero-order valence-corrected chi connectivity index (χ0v) is 20.5. The Balaban J connectivity index is 1.69. The summed E-state index contributed by atoms with van der Waals surface area (Å²) in [5.41, 5.74) is 5.24. The van der Waals surface area contributed by atoms with Crippen LogP contribution in [0.2, 0.25) is 0 Å². The van der Waals surface area contributed by atoms with E-state index in [9.17, 15) is 13.2 Å². The second-order valence-corrected chi connectivity index (χ2v) is 9.93. The number of carbonyl (C=O) groups is 1. The summed E-state index contributed by atoms with van der Waals surface area (Å²) in [6.45, 7) is 10.0. The number of carbonyl (C=O) groups excluding carboxylic acids is 1. The highest BCUT2D eigenvalue weighted by Crippen LogP contribution is 2.24. The second-order valence-electron chi connectivity index (χ2n) is 8.28. The molecule has 7 heteroatoms. The lowest BCUT2D eigenvalue weighted by Crippen LogP contribution is -2.28. The van der Waals surface area contributed by atoms with Crippen molar-refractivity contribution in [1.82, 2.24) is 5.32 Å². The first-order valence-corrected chi connectivity index (χ1v) is 12.2. The number of rotatable bonds is 8. The van der Waals surface area contributed by atoms with E-state index in [1.165, 1.54) is 6.07 Å². The molecule has 0 fully saturated rings. The minimum Gasteiger partial charge on any atom is -0.491 e. The smallest absolute Gasteiger partial charge is 0.262 e. The van der Waals surface area contributed by atoms with Crippen LogP contribution in [0.3, 0.4) is 0 Å². The minimum absolute atomic E-state index is 0.0719. The first-order valence-electron chi connectivity index (χ1n) is 10.8. The van der Waals surface area contributed by atoms with Gasteiger partial charge in [-0.25, -0.2) is 8.42 Å². The lowest BCUT2D eigenvalue weighted by Gasteiger charge is -2.14. The monoisotopic (exact) mass is 466 g/mol. The average molecular weight is 467 g/mol. The molecule has 0 aliphatic rings. The van der Waals surface area contributed by atoms with Crippen LogP contribution in [0.1, 0.15) is 38.2 Å². The third kappa shape index (κ3) is 6.14. The molecule has 0 aromatic heterocycles. The highest BCUT2D eigenvalue weighted by molar-refractivity contribution is 7.92. The van der Waals surface area contributed by atoms with E-state index in [1.54, 1.807) is 25.1 Å². The Hall–Kier alpha value is -3.32. The van der Waals surface area contributed by atoms with Crippen LogP contribution in [0.5, 0.6) is 5.75 Å². The maximum Gasteiger partial charge on any atom is 0.262 e. The van der Waals surface area contributed by atoms with E-state index in [2.05, 4.69) is 10.0 Å². The standard InChI is InChI=1S/C26H30N2O4S/c1-17-6-8-19(3)23(14-17)28-33(30,31)25-16-22(11-10-21(25)5)26(29)27-12-13-32-24-15-18(2)7-9-20(24)4/h6-11,14-16,28H,12-13H2,1-5H3,(H,27,29). The van der Waals surface area contributed by atoms with Gasteiger partial charge in [-0.3, -0.25) is 9.52 Å². The molecular weight excluding hydrogens is 436 g/mol. The first kappa shape index (κ1) is 24.3. The van der Waals surface area contributed by atoms with Crippen molar-refractivity contribution in [2.75, 3.05) is 17.9 Å². The number of ether oxygens (including phenoxy) is 1. The summed E-state index contributed by atoms with van der Waals surface area (Å²) in [6.07, 6.45) is 0. The third-order valence-electron chi connectivity index (χ3n) is 5.37. The summed E-state index contributed by atoms with van der Waals surface area (Å²) in [7, 11) is -3.86. The fourth-order valence-electron chi connectivity index (χ4n) is 3.37. The van der Waals surface area contributed by atoms with Crippen LogP contribution < -0.4 is 14.8 Å². The van der Waals surface area contributed by atoms with Gasteiger partial charge in [0, 0.05) is 5.56 Å². The van der Waals surface area contributed by atoms with Crippen molar-refractivity contribution in [3.05, 3.63) is 88.0 Å². The molecule has 3 aromatic rings. The van der Waals surface area contributed by atoms with Crippen molar-refractivity contribution < 1.29 is 17.9 Å². The molecule has 0 saturated carbocycles. The molecule has 3 rings (SSSR count). The zero-order valence-electron chi connectivity index (χ0n) is 19.7. The second kappa shape index (κ2) is 10.1. The van der Waals surface area contributed by atoms with Crippen LogP contribution in [0, 0.1) is 34.6 Å². The minimum atomic E-state index is -3.86. The number of amides is 1. The van der Waals surface area contributed by atoms with Gasteiger partial charge in [0.25, 0.3) is 15.9 Å². The quantitative estimate of drug-likeness (QED) is 0.465. The molecular formula is C26H30N2O4S. The van der Waals surface area contributed by atoms with E-state index in [0.29, 0.717) is 24.4 Å². The molecule has 6 nitrogen and oxygen atoms in total. The molecule has 0 heterocycles. The van der Waals surface area contributed by atoms with Crippen molar-refractivity contribution in [2.45, 2.75) is 39.5 Å². The Morgan fingerprint density at radius 2 is 1.45 bits per heavy atom. The van der Waals surface area contributed by atoms with Crippen LogP contribution in [0.4, 0.5) is 5.69 Å². The molecule has 0 unspecified atom stereocenters. The van der Waals surface area contributed by atoms with Crippen LogP contribution in [0.15, 0.2) is 59.5 Å². The van der Waals surface area contributed by atoms with Gasteiger partial charge in [-0.1, -0.05) is 30.3 Å². The van der Waals surface area contributed by atoms with E-state index >= 15 is 0 Å². The van der Waals surface area contributed by atoms with E-state index in [1.807, 2.05) is 58.0 Å². The summed E-state index contributed by atoms with van der Waals surface area (Å²) in [5.74, 6) is 0.424. The molecule has 2 N–H and O–H groups in total. The number of hydrogen-bond acceptors (Lipinski definition) is 4. The highest BCUT2D eigenvalue weighted by Gasteiger charge is 2.20. The van der Waals surface area contributed by atoms with Crippen LogP contribution in [0.25, 0.3) is 0 Å². The van der Waals surface area contributed by atoms with Crippen molar-refractivity contribution in [3.63, 3.8) is 0 Å². The van der Waals surface area contributed by atoms with Gasteiger partial charge in [0.2, 0.25) is 0 Å². The van der Waals surface area contributed by atoms with E-state index in [4.69, 9.17) is 4.74 Å². The SMILES string of the molecule is Cc1ccc(C)c(NS(=O)(=O)c2cc(C(=O)NCCOc3cc(C)ccc3C)ccc2C)c1.